The fourth-order valence-electron chi connectivity index (χ4n) is 0.985. The van der Waals surface area contributed by atoms with Crippen LogP contribution in [0.2, 0.25) is 0 Å². The monoisotopic (exact) mass is 167 g/mol. The Balaban J connectivity index is 2.88. The molecule has 0 amide bonds. The van der Waals surface area contributed by atoms with Crippen LogP contribution in [0.25, 0.3) is 0 Å². The molecule has 0 aliphatic carbocycles. The number of hydrogen-bond acceptors (Lipinski definition) is 2. The molecule has 0 N–H and O–H groups in total. The van der Waals surface area contributed by atoms with E-state index in [2.05, 4.69) is 12.3 Å². The van der Waals surface area contributed by atoms with Crippen LogP contribution in [0.15, 0.2) is 18.3 Å². The summed E-state index contributed by atoms with van der Waals surface area (Å²) < 4.78 is 18.6. The van der Waals surface area contributed by atoms with E-state index in [1.54, 1.807) is 0 Å². The Morgan fingerprint density at radius 1 is 1.33 bits per heavy atom. The lowest BCUT2D eigenvalue weighted by Crippen LogP contribution is -2.41. The molecule has 1 fully saturated rings. The van der Waals surface area contributed by atoms with Gasteiger partial charge in [-0.05, 0) is 33.6 Å². The summed E-state index contributed by atoms with van der Waals surface area (Å²) in [7, 11) is -0.623. The van der Waals surface area contributed by atoms with Crippen molar-refractivity contribution in [3.05, 3.63) is 18.3 Å². The highest BCUT2D eigenvalue weighted by Gasteiger charge is 2.50. The summed E-state index contributed by atoms with van der Waals surface area (Å²) in [5.74, 6) is 0.152. The summed E-state index contributed by atoms with van der Waals surface area (Å²) >= 11 is 0. The van der Waals surface area contributed by atoms with Crippen LogP contribution in [0.5, 0.6) is 0 Å². The molecule has 12 heavy (non-hydrogen) atoms. The molecule has 1 rings (SSSR count). The molecule has 1 heterocycles. The summed E-state index contributed by atoms with van der Waals surface area (Å²) in [4.78, 5) is 0. The molecular weight excluding hydrogens is 151 g/mol. The average molecular weight is 167 g/mol. The quantitative estimate of drug-likeness (QED) is 0.439. The highest BCUT2D eigenvalue weighted by Crippen LogP contribution is 2.36. The summed E-state index contributed by atoms with van der Waals surface area (Å²) in [5.41, 5.74) is 1.69. The third kappa shape index (κ3) is 1.49. The van der Waals surface area contributed by atoms with Gasteiger partial charge in [0.15, 0.2) is 0 Å². The minimum Gasteiger partial charge on any atom is -0.399 e. The van der Waals surface area contributed by atoms with Crippen molar-refractivity contribution < 1.29 is 10.7 Å². The normalized spacial score (nSPS) is 26.3. The van der Waals surface area contributed by atoms with Gasteiger partial charge in [0.2, 0.25) is 0 Å². The van der Waals surface area contributed by atoms with Crippen molar-refractivity contribution in [2.75, 3.05) is 0 Å². The Morgan fingerprint density at radius 3 is 2.08 bits per heavy atom. The molecule has 1 aliphatic rings. The predicted octanol–water partition coefficient (Wildman–Crippen LogP) is 1.96. The molecule has 0 radical (unpaired) electrons. The van der Waals surface area contributed by atoms with Crippen LogP contribution in [-0.2, 0) is 9.31 Å². The molecule has 1 saturated heterocycles. The third-order valence-corrected chi connectivity index (χ3v) is 2.47. The van der Waals surface area contributed by atoms with Crippen molar-refractivity contribution in [2.24, 2.45) is 0 Å². The second-order valence-corrected chi connectivity index (χ2v) is 3.91. The van der Waals surface area contributed by atoms with Gasteiger partial charge in [-0.3, -0.25) is 0 Å². The van der Waals surface area contributed by atoms with Crippen LogP contribution in [0.4, 0.5) is 0 Å². The summed E-state index contributed by atoms with van der Waals surface area (Å²) in [6.07, 6.45) is 0. The zero-order chi connectivity index (χ0) is 10.3. The first-order chi connectivity index (χ1) is 5.80. The maximum Gasteiger partial charge on any atom is 0.495 e. The van der Waals surface area contributed by atoms with E-state index in [9.17, 15) is 0 Å². The minimum atomic E-state index is -0.623. The first kappa shape index (κ1) is 8.12. The van der Waals surface area contributed by atoms with Crippen LogP contribution >= 0.6 is 0 Å². The molecule has 0 aromatic heterocycles. The maximum absolute atomic E-state index is 7.46. The first-order valence-corrected chi connectivity index (χ1v) is 4.02. The zero-order valence-corrected chi connectivity index (χ0v) is 8.10. The lowest BCUT2D eigenvalue weighted by atomic mass is 9.90. The van der Waals surface area contributed by atoms with Gasteiger partial charge in [0.05, 0.1) is 12.6 Å². The van der Waals surface area contributed by atoms with Crippen LogP contribution in [0.1, 0.15) is 29.1 Å². The number of rotatable bonds is 1. The van der Waals surface area contributed by atoms with Gasteiger partial charge in [-0.1, -0.05) is 6.58 Å². The van der Waals surface area contributed by atoms with Crippen LogP contribution < -0.4 is 0 Å². The molecule has 0 saturated carbocycles. The molecule has 3 heteroatoms. The minimum absolute atomic E-state index is 0.152. The van der Waals surface area contributed by atoms with E-state index >= 15 is 0 Å². The molecule has 0 bridgehead atoms. The van der Waals surface area contributed by atoms with Crippen molar-refractivity contribution in [1.82, 2.24) is 0 Å². The van der Waals surface area contributed by atoms with Crippen LogP contribution in [0.3, 0.4) is 0 Å². The van der Waals surface area contributed by atoms with E-state index in [4.69, 9.17) is 10.7 Å². The highest BCUT2D eigenvalue weighted by atomic mass is 16.7. The van der Waals surface area contributed by atoms with E-state index in [1.807, 2.05) is 27.7 Å². The molecule has 0 aromatic carbocycles. The van der Waals surface area contributed by atoms with E-state index in [0.717, 1.165) is 0 Å². The summed E-state index contributed by atoms with van der Waals surface area (Å²) in [6.45, 7) is 11.2. The summed E-state index contributed by atoms with van der Waals surface area (Å²) in [6, 6.07) is 0. The molecule has 2 nitrogen and oxygen atoms in total. The highest BCUT2D eigenvalue weighted by molar-refractivity contribution is 6.51. The van der Waals surface area contributed by atoms with Crippen molar-refractivity contribution in [2.45, 2.75) is 38.9 Å². The molecule has 0 aromatic rings. The van der Waals surface area contributed by atoms with E-state index in [0.29, 0.717) is 0 Å². The van der Waals surface area contributed by atoms with Gasteiger partial charge >= 0.3 is 7.12 Å². The Bertz CT molecular complexity index is 251. The fraction of sp³-hybridized carbons (Fsp3) is 0.667. The third-order valence-electron chi connectivity index (χ3n) is 2.47. The number of hydrogen-bond donors (Lipinski definition) is 0. The van der Waals surface area contributed by atoms with Crippen molar-refractivity contribution in [3.63, 3.8) is 0 Å². The Hall–Kier alpha value is -0.495. The summed E-state index contributed by atoms with van der Waals surface area (Å²) in [5, 5.41) is 0. The lowest BCUT2D eigenvalue weighted by molar-refractivity contribution is 0.00578. The molecule has 66 valence electrons. The molecular formula is C9H15BO2. The van der Waals surface area contributed by atoms with E-state index in [-0.39, 0.29) is 17.2 Å². The zero-order valence-electron chi connectivity index (χ0n) is 9.10. The SMILES string of the molecule is [2H]C(=C=C)B1OC(C)(C)C(C)(C)O1. The Morgan fingerprint density at radius 2 is 1.75 bits per heavy atom. The standard InChI is InChI=1S/C9H15BO2/c1-6-7-10-11-8(2,3)9(4,5)12-10/h7H,1H2,2-5H3/i7D. The predicted molar refractivity (Wildman–Crippen MR) is 49.8 cm³/mol. The van der Waals surface area contributed by atoms with Crippen LogP contribution in [0, 0.1) is 0 Å². The van der Waals surface area contributed by atoms with Gasteiger partial charge < -0.3 is 9.31 Å². The molecule has 1 aliphatic heterocycles. The second-order valence-electron chi connectivity index (χ2n) is 3.91. The largest absolute Gasteiger partial charge is 0.495 e. The maximum atomic E-state index is 7.46. The van der Waals surface area contributed by atoms with Crippen molar-refractivity contribution in [1.29, 1.82) is 0 Å². The van der Waals surface area contributed by atoms with Gasteiger partial charge in [0.25, 0.3) is 0 Å². The molecule has 0 unspecified atom stereocenters. The Labute approximate surface area is 75.8 Å². The van der Waals surface area contributed by atoms with Crippen LogP contribution in [-0.4, -0.2) is 18.3 Å². The first-order valence-electron chi connectivity index (χ1n) is 4.52. The topological polar surface area (TPSA) is 18.5 Å². The fourth-order valence-corrected chi connectivity index (χ4v) is 0.985. The molecule has 0 spiro atoms. The van der Waals surface area contributed by atoms with Gasteiger partial charge in [-0.2, -0.15) is 0 Å². The second kappa shape index (κ2) is 2.77. The smallest absolute Gasteiger partial charge is 0.399 e. The van der Waals surface area contributed by atoms with E-state index in [1.165, 1.54) is 0 Å². The van der Waals surface area contributed by atoms with Gasteiger partial charge in [-0.15, -0.1) is 5.73 Å². The van der Waals surface area contributed by atoms with Gasteiger partial charge in [-0.25, -0.2) is 0 Å². The van der Waals surface area contributed by atoms with Crippen molar-refractivity contribution in [3.8, 4) is 0 Å². The average Bonchev–Trinajstić information content (AvgIpc) is 2.20. The Kier molecular flexibility index (Phi) is 1.88. The lowest BCUT2D eigenvalue weighted by Gasteiger charge is -2.32. The van der Waals surface area contributed by atoms with Gasteiger partial charge in [0, 0.05) is 0 Å². The van der Waals surface area contributed by atoms with E-state index < -0.39 is 7.12 Å². The molecule has 0 atom stereocenters. The van der Waals surface area contributed by atoms with Crippen molar-refractivity contribution >= 4 is 7.12 Å². The van der Waals surface area contributed by atoms with Gasteiger partial charge in [0.1, 0.15) is 0 Å².